The van der Waals surface area contributed by atoms with Crippen LogP contribution in [0.4, 0.5) is 0 Å². The quantitative estimate of drug-likeness (QED) is 0.175. The lowest BCUT2D eigenvalue weighted by Crippen LogP contribution is -2.41. The molecular formula is C34H33Cl2NO5. The summed E-state index contributed by atoms with van der Waals surface area (Å²) in [5.41, 5.74) is 4.00. The first-order valence-electron chi connectivity index (χ1n) is 13.9. The number of methoxy groups -OCH3 is 1. The molecule has 0 aromatic heterocycles. The van der Waals surface area contributed by atoms with Crippen LogP contribution in [0.3, 0.4) is 0 Å². The molecule has 0 radical (unpaired) electrons. The maximum Gasteiger partial charge on any atom is 0.323 e. The van der Waals surface area contributed by atoms with E-state index in [9.17, 15) is 4.79 Å². The fourth-order valence-electron chi connectivity index (χ4n) is 4.95. The number of hydrogen-bond acceptors (Lipinski definition) is 6. The Balaban J connectivity index is 1.20. The summed E-state index contributed by atoms with van der Waals surface area (Å²) in [6.45, 7) is 2.84. The van der Waals surface area contributed by atoms with Crippen molar-refractivity contribution in [3.63, 3.8) is 0 Å². The second kappa shape index (κ2) is 14.0. The number of nitrogens with one attached hydrogen (secondary N) is 1. The average Bonchev–Trinajstić information content (AvgIpc) is 3.03. The van der Waals surface area contributed by atoms with Gasteiger partial charge in [-0.25, -0.2) is 0 Å². The van der Waals surface area contributed by atoms with Crippen LogP contribution in [-0.4, -0.2) is 25.7 Å². The summed E-state index contributed by atoms with van der Waals surface area (Å²) >= 11 is 12.1. The second-order valence-electron chi connectivity index (χ2n) is 10.1. The molecule has 42 heavy (non-hydrogen) atoms. The lowest BCUT2D eigenvalue weighted by molar-refractivity contribution is -0.143. The van der Waals surface area contributed by atoms with Crippen LogP contribution in [0, 0.1) is 0 Å². The fraction of sp³-hybridized carbons (Fsp3) is 0.265. The van der Waals surface area contributed by atoms with Gasteiger partial charge in [0.25, 0.3) is 0 Å². The number of benzene rings is 4. The molecule has 1 aliphatic rings. The molecule has 0 aliphatic carbocycles. The molecular weight excluding hydrogens is 573 g/mol. The topological polar surface area (TPSA) is 66.0 Å². The van der Waals surface area contributed by atoms with E-state index in [1.807, 2.05) is 66.7 Å². The first-order valence-corrected chi connectivity index (χ1v) is 14.7. The van der Waals surface area contributed by atoms with Crippen molar-refractivity contribution in [2.75, 3.05) is 13.7 Å². The molecule has 3 atom stereocenters. The van der Waals surface area contributed by atoms with Gasteiger partial charge in [-0.1, -0.05) is 84.7 Å². The van der Waals surface area contributed by atoms with Gasteiger partial charge in [0, 0.05) is 6.04 Å². The Bertz CT molecular complexity index is 1500. The van der Waals surface area contributed by atoms with Gasteiger partial charge in [-0.2, -0.15) is 0 Å². The molecule has 0 saturated carbocycles. The van der Waals surface area contributed by atoms with Gasteiger partial charge < -0.3 is 18.9 Å². The van der Waals surface area contributed by atoms with E-state index in [1.54, 1.807) is 12.1 Å². The number of esters is 1. The van der Waals surface area contributed by atoms with Gasteiger partial charge in [-0.15, -0.1) is 0 Å². The van der Waals surface area contributed by atoms with E-state index >= 15 is 0 Å². The number of carbonyl (C=O) groups excluding carboxylic acids is 1. The molecule has 1 N–H and O–H groups in total. The number of carbonyl (C=O) groups is 1. The number of fused-ring (bicyclic) bond motifs is 1. The number of rotatable bonds is 11. The molecule has 5 rings (SSSR count). The second-order valence-corrected chi connectivity index (χ2v) is 10.9. The van der Waals surface area contributed by atoms with Crippen LogP contribution < -0.4 is 19.5 Å². The van der Waals surface area contributed by atoms with Crippen LogP contribution in [0.5, 0.6) is 17.2 Å². The Morgan fingerprint density at radius 3 is 2.40 bits per heavy atom. The Labute approximate surface area is 256 Å². The van der Waals surface area contributed by atoms with E-state index in [0.717, 1.165) is 34.4 Å². The van der Waals surface area contributed by atoms with Gasteiger partial charge >= 0.3 is 5.97 Å². The van der Waals surface area contributed by atoms with Crippen LogP contribution in [0.15, 0.2) is 91.0 Å². The van der Waals surface area contributed by atoms with E-state index < -0.39 is 6.04 Å². The van der Waals surface area contributed by atoms with Gasteiger partial charge in [0.05, 0.1) is 17.2 Å². The lowest BCUT2D eigenvalue weighted by Gasteiger charge is -2.28. The van der Waals surface area contributed by atoms with Gasteiger partial charge in [-0.05, 0) is 71.5 Å². The molecule has 8 heteroatoms. The molecule has 0 saturated heterocycles. The molecule has 6 nitrogen and oxygen atoms in total. The highest BCUT2D eigenvalue weighted by molar-refractivity contribution is 6.42. The fourth-order valence-corrected chi connectivity index (χ4v) is 5.27. The first-order chi connectivity index (χ1) is 20.4. The molecule has 1 aliphatic heterocycles. The van der Waals surface area contributed by atoms with E-state index in [1.165, 1.54) is 7.11 Å². The van der Waals surface area contributed by atoms with Crippen molar-refractivity contribution >= 4 is 29.2 Å². The van der Waals surface area contributed by atoms with E-state index in [0.29, 0.717) is 41.2 Å². The average molecular weight is 607 g/mol. The Morgan fingerprint density at radius 2 is 1.69 bits per heavy atom. The molecule has 4 aromatic rings. The minimum absolute atomic E-state index is 0.0287. The molecule has 1 unspecified atom stereocenters. The normalized spacial score (nSPS) is 15.5. The van der Waals surface area contributed by atoms with Gasteiger partial charge in [0.2, 0.25) is 0 Å². The predicted octanol–water partition coefficient (Wildman–Crippen LogP) is 7.91. The third-order valence-corrected chi connectivity index (χ3v) is 7.99. The molecule has 0 bridgehead atoms. The molecule has 1 heterocycles. The lowest BCUT2D eigenvalue weighted by atomic mass is 10.00. The third-order valence-electron chi connectivity index (χ3n) is 7.25. The van der Waals surface area contributed by atoms with Crippen molar-refractivity contribution in [3.05, 3.63) is 123 Å². The number of halogens is 2. The van der Waals surface area contributed by atoms with Crippen LogP contribution in [0.25, 0.3) is 0 Å². The standard InChI is InChI=1S/C34H33Cl2NO5/c1-3-29(24-7-5-4-6-8-24)37-30(34(38)39-2)18-22-10-16-31-32(19-22)41-21-33(42-31)25-11-13-26(14-12-25)40-20-23-9-15-27(35)28(36)17-23/h4-17,19,29-30,33,37H,3,18,20-21H2,1-2H3/t29?,30-,33+/m0/s1. The summed E-state index contributed by atoms with van der Waals surface area (Å²) in [5.74, 6) is 1.75. The van der Waals surface area contributed by atoms with Gasteiger partial charge in [0.1, 0.15) is 25.0 Å². The van der Waals surface area contributed by atoms with Crippen molar-refractivity contribution in [3.8, 4) is 17.2 Å². The summed E-state index contributed by atoms with van der Waals surface area (Å²) < 4.78 is 23.4. The maximum absolute atomic E-state index is 12.7. The van der Waals surface area contributed by atoms with Crippen LogP contribution in [-0.2, 0) is 22.6 Å². The minimum Gasteiger partial charge on any atom is -0.489 e. The smallest absolute Gasteiger partial charge is 0.323 e. The number of hydrogen-bond donors (Lipinski definition) is 1. The van der Waals surface area contributed by atoms with Crippen molar-refractivity contribution < 1.29 is 23.7 Å². The van der Waals surface area contributed by atoms with Gasteiger partial charge in [-0.3, -0.25) is 10.1 Å². The SMILES string of the molecule is CCC(N[C@@H](Cc1ccc2c(c1)OC[C@H](c1ccc(OCc3ccc(Cl)c(Cl)c3)cc1)O2)C(=O)OC)c1ccccc1. The van der Waals surface area contributed by atoms with Gasteiger partial charge in [0.15, 0.2) is 17.6 Å². The monoisotopic (exact) mass is 605 g/mol. The Morgan fingerprint density at radius 1 is 0.929 bits per heavy atom. The molecule has 218 valence electrons. The molecule has 0 spiro atoms. The van der Waals surface area contributed by atoms with E-state index in [2.05, 4.69) is 24.4 Å². The van der Waals surface area contributed by atoms with E-state index in [4.69, 9.17) is 42.1 Å². The Hall–Kier alpha value is -3.71. The summed E-state index contributed by atoms with van der Waals surface area (Å²) in [5, 5.41) is 4.51. The van der Waals surface area contributed by atoms with Crippen molar-refractivity contribution in [2.24, 2.45) is 0 Å². The highest BCUT2D eigenvalue weighted by Crippen LogP contribution is 2.37. The first kappa shape index (κ1) is 29.8. The van der Waals surface area contributed by atoms with Crippen LogP contribution >= 0.6 is 23.2 Å². The zero-order valence-corrected chi connectivity index (χ0v) is 25.0. The predicted molar refractivity (Wildman–Crippen MR) is 165 cm³/mol. The summed E-state index contributed by atoms with van der Waals surface area (Å²) in [6, 6.07) is 28.6. The summed E-state index contributed by atoms with van der Waals surface area (Å²) in [4.78, 5) is 12.7. The largest absolute Gasteiger partial charge is 0.489 e. The molecule has 0 fully saturated rings. The minimum atomic E-state index is -0.507. The highest BCUT2D eigenvalue weighted by atomic mass is 35.5. The van der Waals surface area contributed by atoms with Crippen molar-refractivity contribution in [2.45, 2.75) is 44.6 Å². The molecule has 4 aromatic carbocycles. The van der Waals surface area contributed by atoms with Crippen LogP contribution in [0.1, 0.15) is 47.7 Å². The third kappa shape index (κ3) is 7.37. The van der Waals surface area contributed by atoms with E-state index in [-0.39, 0.29) is 18.1 Å². The Kier molecular flexibility index (Phi) is 9.90. The van der Waals surface area contributed by atoms with Crippen molar-refractivity contribution in [1.82, 2.24) is 5.32 Å². The zero-order valence-electron chi connectivity index (χ0n) is 23.5. The number of ether oxygens (including phenoxy) is 4. The van der Waals surface area contributed by atoms with Crippen LogP contribution in [0.2, 0.25) is 10.0 Å². The molecule has 0 amide bonds. The summed E-state index contributed by atoms with van der Waals surface area (Å²) in [6.07, 6.45) is 1.04. The zero-order chi connectivity index (χ0) is 29.5. The maximum atomic E-state index is 12.7. The highest BCUT2D eigenvalue weighted by Gasteiger charge is 2.26. The summed E-state index contributed by atoms with van der Waals surface area (Å²) in [7, 11) is 1.42. The van der Waals surface area contributed by atoms with Crippen molar-refractivity contribution in [1.29, 1.82) is 0 Å².